The van der Waals surface area contributed by atoms with Gasteiger partial charge in [-0.3, -0.25) is 14.6 Å². The molecule has 1 aliphatic carbocycles. The van der Waals surface area contributed by atoms with E-state index in [1.54, 1.807) is 12.4 Å². The van der Waals surface area contributed by atoms with Crippen LogP contribution in [0.25, 0.3) is 0 Å². The lowest BCUT2D eigenvalue weighted by Crippen LogP contribution is -2.55. The number of carbonyl (C=O) groups excluding carboxylic acids is 2. The molecule has 2 aromatic rings. The van der Waals surface area contributed by atoms with Gasteiger partial charge >= 0.3 is 0 Å². The summed E-state index contributed by atoms with van der Waals surface area (Å²) >= 11 is 0. The minimum absolute atomic E-state index is 0.0604. The van der Waals surface area contributed by atoms with Crippen molar-refractivity contribution in [2.24, 2.45) is 0 Å². The van der Waals surface area contributed by atoms with Gasteiger partial charge in [-0.25, -0.2) is 0 Å². The molecule has 6 nitrogen and oxygen atoms in total. The molecule has 1 saturated carbocycles. The second kappa shape index (κ2) is 7.72. The highest BCUT2D eigenvalue weighted by Crippen LogP contribution is 2.39. The van der Waals surface area contributed by atoms with E-state index in [9.17, 15) is 9.59 Å². The number of nitrogens with one attached hydrogen (secondary N) is 1. The Hall–Kier alpha value is -2.73. The van der Waals surface area contributed by atoms with E-state index < -0.39 is 12.1 Å². The van der Waals surface area contributed by atoms with Crippen LogP contribution >= 0.6 is 0 Å². The van der Waals surface area contributed by atoms with Gasteiger partial charge in [0.05, 0.1) is 6.04 Å². The van der Waals surface area contributed by atoms with E-state index in [0.717, 1.165) is 29.5 Å². The number of rotatable bonds is 5. The molecule has 6 heteroatoms. The first-order valence-corrected chi connectivity index (χ1v) is 9.71. The number of carbonyl (C=O) groups is 2. The van der Waals surface area contributed by atoms with Crippen LogP contribution in [0.5, 0.6) is 0 Å². The average Bonchev–Trinajstić information content (AvgIpc) is 3.52. The molecule has 146 valence electrons. The van der Waals surface area contributed by atoms with Crippen molar-refractivity contribution in [3.63, 3.8) is 0 Å². The summed E-state index contributed by atoms with van der Waals surface area (Å²) in [5.41, 5.74) is 4.24. The third-order valence-electron chi connectivity index (χ3n) is 5.44. The lowest BCUT2D eigenvalue weighted by atomic mass is 9.98. The number of ether oxygens (including phenoxy) is 1. The number of nitrogens with zero attached hydrogens (tertiary/aromatic N) is 2. The number of aromatic nitrogens is 1. The molecule has 4 rings (SSSR count). The van der Waals surface area contributed by atoms with Crippen molar-refractivity contribution in [3.05, 3.63) is 65.0 Å². The average molecular weight is 379 g/mol. The predicted molar refractivity (Wildman–Crippen MR) is 104 cm³/mol. The molecule has 2 amide bonds. The Morgan fingerprint density at radius 3 is 2.79 bits per heavy atom. The molecule has 2 heterocycles. The maximum Gasteiger partial charge on any atom is 0.251 e. The molecule has 28 heavy (non-hydrogen) atoms. The Balaban J connectivity index is 1.55. The Morgan fingerprint density at radius 1 is 1.29 bits per heavy atom. The zero-order valence-electron chi connectivity index (χ0n) is 16.2. The van der Waals surface area contributed by atoms with Gasteiger partial charge in [0.1, 0.15) is 6.61 Å². The quantitative estimate of drug-likeness (QED) is 0.866. The molecule has 1 saturated heterocycles. The molecule has 2 aliphatic rings. The third-order valence-corrected chi connectivity index (χ3v) is 5.44. The summed E-state index contributed by atoms with van der Waals surface area (Å²) < 4.78 is 5.73. The van der Waals surface area contributed by atoms with Gasteiger partial charge < -0.3 is 15.0 Å². The summed E-state index contributed by atoms with van der Waals surface area (Å²) in [5.74, 6) is -0.262. The van der Waals surface area contributed by atoms with E-state index in [1.165, 1.54) is 5.56 Å². The van der Waals surface area contributed by atoms with Crippen molar-refractivity contribution in [1.82, 2.24) is 15.2 Å². The fourth-order valence-corrected chi connectivity index (χ4v) is 3.84. The molecule has 2 atom stereocenters. The molecule has 1 aliphatic heterocycles. The van der Waals surface area contributed by atoms with Crippen LogP contribution in [0.4, 0.5) is 0 Å². The largest absolute Gasteiger partial charge is 0.356 e. The first-order valence-electron chi connectivity index (χ1n) is 9.71. The van der Waals surface area contributed by atoms with Gasteiger partial charge in [-0.15, -0.1) is 0 Å². The van der Waals surface area contributed by atoms with Gasteiger partial charge in [0, 0.05) is 25.0 Å². The van der Waals surface area contributed by atoms with Gasteiger partial charge in [-0.1, -0.05) is 29.8 Å². The number of amides is 2. The SMILES string of the molecule is Cc1ccc(CNC(=O)[C@H]2OCC(=O)N(C3CC3)[C@@H]2c2cccnc2)c(C)c1. The molecule has 0 radical (unpaired) electrons. The normalized spacial score (nSPS) is 22.2. The zero-order chi connectivity index (χ0) is 19.7. The van der Waals surface area contributed by atoms with Crippen LogP contribution in [0.1, 0.15) is 41.1 Å². The summed E-state index contributed by atoms with van der Waals surface area (Å²) in [5, 5.41) is 3.00. The van der Waals surface area contributed by atoms with Gasteiger partial charge in [0.2, 0.25) is 5.91 Å². The number of pyridine rings is 1. The Morgan fingerprint density at radius 2 is 2.11 bits per heavy atom. The number of morpholine rings is 1. The van der Waals surface area contributed by atoms with E-state index in [0.29, 0.717) is 6.54 Å². The number of hydrogen-bond acceptors (Lipinski definition) is 4. The van der Waals surface area contributed by atoms with Crippen molar-refractivity contribution in [2.45, 2.75) is 51.4 Å². The molecule has 0 spiro atoms. The van der Waals surface area contributed by atoms with Crippen LogP contribution in [-0.4, -0.2) is 40.5 Å². The summed E-state index contributed by atoms with van der Waals surface area (Å²) in [7, 11) is 0. The van der Waals surface area contributed by atoms with Crippen LogP contribution in [0.15, 0.2) is 42.7 Å². The molecule has 2 fully saturated rings. The van der Waals surface area contributed by atoms with Crippen LogP contribution < -0.4 is 5.32 Å². The zero-order valence-corrected chi connectivity index (χ0v) is 16.2. The molecule has 1 aromatic carbocycles. The Labute approximate surface area is 164 Å². The summed E-state index contributed by atoms with van der Waals surface area (Å²) in [4.78, 5) is 31.6. The van der Waals surface area contributed by atoms with Gasteiger partial charge in [-0.05, 0) is 49.4 Å². The standard InChI is InChI=1S/C22H25N3O3/c1-14-5-6-16(15(2)10-14)12-24-22(27)21-20(17-4-3-9-23-11-17)25(18-7-8-18)19(26)13-28-21/h3-6,9-11,18,20-21H,7-8,12-13H2,1-2H3,(H,24,27)/t20-,21+/m1/s1. The molecule has 0 unspecified atom stereocenters. The predicted octanol–water partition coefficient (Wildman–Crippen LogP) is 2.45. The molecule has 1 N–H and O–H groups in total. The van der Waals surface area contributed by atoms with Crippen molar-refractivity contribution in [1.29, 1.82) is 0 Å². The summed E-state index contributed by atoms with van der Waals surface area (Å²) in [6.45, 7) is 4.46. The minimum atomic E-state index is -0.742. The topological polar surface area (TPSA) is 71.5 Å². The minimum Gasteiger partial charge on any atom is -0.356 e. The monoisotopic (exact) mass is 379 g/mol. The van der Waals surface area contributed by atoms with Crippen LogP contribution in [0.3, 0.4) is 0 Å². The van der Waals surface area contributed by atoms with Crippen molar-refractivity contribution < 1.29 is 14.3 Å². The molecular formula is C22H25N3O3. The van der Waals surface area contributed by atoms with Crippen molar-refractivity contribution >= 4 is 11.8 Å². The maximum absolute atomic E-state index is 13.0. The highest BCUT2D eigenvalue weighted by atomic mass is 16.5. The first kappa shape index (κ1) is 18.6. The Kier molecular flexibility index (Phi) is 5.13. The Bertz CT molecular complexity index is 880. The van der Waals surface area contributed by atoms with Crippen LogP contribution in [-0.2, 0) is 20.9 Å². The summed E-state index contributed by atoms with van der Waals surface area (Å²) in [6.07, 6.45) is 4.60. The first-order chi connectivity index (χ1) is 13.5. The fraction of sp³-hybridized carbons (Fsp3) is 0.409. The second-order valence-electron chi connectivity index (χ2n) is 7.64. The van der Waals surface area contributed by atoms with Crippen molar-refractivity contribution in [2.75, 3.05) is 6.61 Å². The highest BCUT2D eigenvalue weighted by molar-refractivity contribution is 5.86. The molecule has 0 bridgehead atoms. The molecule has 1 aromatic heterocycles. The van der Waals surface area contributed by atoms with Gasteiger partial charge in [0.15, 0.2) is 6.10 Å². The number of benzene rings is 1. The van der Waals surface area contributed by atoms with E-state index >= 15 is 0 Å². The van der Waals surface area contributed by atoms with Crippen molar-refractivity contribution in [3.8, 4) is 0 Å². The van der Waals surface area contributed by atoms with E-state index in [4.69, 9.17) is 4.74 Å². The maximum atomic E-state index is 13.0. The molecular weight excluding hydrogens is 354 g/mol. The lowest BCUT2D eigenvalue weighted by molar-refractivity contribution is -0.165. The third kappa shape index (κ3) is 3.78. The van der Waals surface area contributed by atoms with E-state index in [2.05, 4.69) is 16.4 Å². The summed E-state index contributed by atoms with van der Waals surface area (Å²) in [6, 6.07) is 9.65. The van der Waals surface area contributed by atoms with Crippen LogP contribution in [0.2, 0.25) is 0 Å². The number of hydrogen-bond donors (Lipinski definition) is 1. The number of aryl methyl sites for hydroxylation is 2. The van der Waals surface area contributed by atoms with Crippen LogP contribution in [0, 0.1) is 13.8 Å². The smallest absolute Gasteiger partial charge is 0.251 e. The van der Waals surface area contributed by atoms with E-state index in [-0.39, 0.29) is 24.5 Å². The van der Waals surface area contributed by atoms with Gasteiger partial charge in [-0.2, -0.15) is 0 Å². The lowest BCUT2D eigenvalue weighted by Gasteiger charge is -2.40. The second-order valence-corrected chi connectivity index (χ2v) is 7.64. The van der Waals surface area contributed by atoms with E-state index in [1.807, 2.05) is 43.0 Å². The fourth-order valence-electron chi connectivity index (χ4n) is 3.84. The highest BCUT2D eigenvalue weighted by Gasteiger charge is 2.47. The van der Waals surface area contributed by atoms with Gasteiger partial charge in [0.25, 0.3) is 5.91 Å².